The predicted molar refractivity (Wildman–Crippen MR) is 106 cm³/mol. The highest BCUT2D eigenvalue weighted by molar-refractivity contribution is 5.80. The van der Waals surface area contributed by atoms with E-state index in [0.717, 1.165) is 62.1 Å². The summed E-state index contributed by atoms with van der Waals surface area (Å²) in [5, 5.41) is 7.44. The molecule has 0 spiro atoms. The maximum absolute atomic E-state index is 12.4. The summed E-state index contributed by atoms with van der Waals surface area (Å²) < 4.78 is 10.5. The Kier molecular flexibility index (Phi) is 7.27. The molecule has 156 valence electrons. The van der Waals surface area contributed by atoms with E-state index in [-0.39, 0.29) is 5.91 Å². The van der Waals surface area contributed by atoms with Crippen molar-refractivity contribution in [3.05, 3.63) is 17.0 Å². The van der Waals surface area contributed by atoms with E-state index in [1.54, 1.807) is 0 Å². The number of ether oxygens (including phenoxy) is 1. The summed E-state index contributed by atoms with van der Waals surface area (Å²) in [6, 6.07) is 0. The number of aromatic nitrogens is 1. The van der Waals surface area contributed by atoms with E-state index in [1.807, 2.05) is 25.8 Å². The zero-order valence-electron chi connectivity index (χ0n) is 17.2. The van der Waals surface area contributed by atoms with Crippen molar-refractivity contribution in [2.45, 2.75) is 20.3 Å². The number of carbonyl (C=O) groups excluding carboxylic acids is 1. The third kappa shape index (κ3) is 5.23. The molecule has 1 aromatic heterocycles. The number of nitrogens with one attached hydrogen (secondary N) is 1. The molecule has 28 heavy (non-hydrogen) atoms. The first-order chi connectivity index (χ1) is 13.6. The first-order valence-corrected chi connectivity index (χ1v) is 10.0. The SMILES string of the molecule is CN=C(NCCc1c(C)noc1C)N1CCN(CC(=O)N2CCOCC2)CC1. The van der Waals surface area contributed by atoms with Crippen LogP contribution < -0.4 is 5.32 Å². The van der Waals surface area contributed by atoms with Crippen LogP contribution in [0.4, 0.5) is 0 Å². The van der Waals surface area contributed by atoms with Crippen LogP contribution in [0.15, 0.2) is 9.52 Å². The quantitative estimate of drug-likeness (QED) is 0.552. The van der Waals surface area contributed by atoms with E-state index in [1.165, 1.54) is 0 Å². The van der Waals surface area contributed by atoms with Crippen LogP contribution in [-0.4, -0.2) is 104 Å². The molecular formula is C19H32N6O3. The molecule has 2 aliphatic rings. The van der Waals surface area contributed by atoms with Gasteiger partial charge in [-0.05, 0) is 20.3 Å². The molecule has 1 amide bonds. The molecule has 3 rings (SSSR count). The van der Waals surface area contributed by atoms with Gasteiger partial charge in [-0.3, -0.25) is 14.7 Å². The van der Waals surface area contributed by atoms with Gasteiger partial charge in [0, 0.05) is 58.4 Å². The maximum Gasteiger partial charge on any atom is 0.236 e. The van der Waals surface area contributed by atoms with Crippen molar-refractivity contribution >= 4 is 11.9 Å². The highest BCUT2D eigenvalue weighted by Crippen LogP contribution is 2.12. The summed E-state index contributed by atoms with van der Waals surface area (Å²) in [7, 11) is 1.81. The summed E-state index contributed by atoms with van der Waals surface area (Å²) in [4.78, 5) is 23.2. The van der Waals surface area contributed by atoms with Gasteiger partial charge in [0.15, 0.2) is 5.96 Å². The van der Waals surface area contributed by atoms with Gasteiger partial charge in [-0.25, -0.2) is 0 Å². The van der Waals surface area contributed by atoms with Gasteiger partial charge >= 0.3 is 0 Å². The lowest BCUT2D eigenvalue weighted by Crippen LogP contribution is -2.55. The fourth-order valence-electron chi connectivity index (χ4n) is 3.71. The van der Waals surface area contributed by atoms with Crippen LogP contribution in [0, 0.1) is 13.8 Å². The highest BCUT2D eigenvalue weighted by atomic mass is 16.5. The van der Waals surface area contributed by atoms with Gasteiger partial charge < -0.3 is 24.4 Å². The van der Waals surface area contributed by atoms with Gasteiger partial charge in [-0.15, -0.1) is 0 Å². The van der Waals surface area contributed by atoms with Crippen molar-refractivity contribution in [2.75, 3.05) is 72.6 Å². The molecule has 0 bridgehead atoms. The van der Waals surface area contributed by atoms with Crippen molar-refractivity contribution in [2.24, 2.45) is 4.99 Å². The summed E-state index contributed by atoms with van der Waals surface area (Å²) in [6.45, 7) is 11.4. The third-order valence-electron chi connectivity index (χ3n) is 5.45. The molecular weight excluding hydrogens is 360 g/mol. The molecule has 2 aliphatic heterocycles. The van der Waals surface area contributed by atoms with Gasteiger partial charge in [-0.1, -0.05) is 5.16 Å². The Bertz CT molecular complexity index is 656. The minimum absolute atomic E-state index is 0.207. The molecule has 9 heteroatoms. The number of aliphatic imine (C=N–C) groups is 1. The first kappa shape index (κ1) is 20.6. The normalized spacial score (nSPS) is 19.2. The van der Waals surface area contributed by atoms with Gasteiger partial charge in [0.1, 0.15) is 5.76 Å². The number of aryl methyl sites for hydroxylation is 2. The molecule has 1 N–H and O–H groups in total. The van der Waals surface area contributed by atoms with Crippen LogP contribution in [0.1, 0.15) is 17.0 Å². The Morgan fingerprint density at radius 2 is 1.82 bits per heavy atom. The molecule has 3 heterocycles. The minimum atomic E-state index is 0.207. The molecule has 0 unspecified atom stereocenters. The van der Waals surface area contributed by atoms with Crippen molar-refractivity contribution < 1.29 is 14.1 Å². The number of piperazine rings is 1. The summed E-state index contributed by atoms with van der Waals surface area (Å²) in [6.07, 6.45) is 0.855. The second-order valence-corrected chi connectivity index (χ2v) is 7.28. The van der Waals surface area contributed by atoms with E-state index < -0.39 is 0 Å². The number of rotatable bonds is 5. The number of morpholine rings is 1. The summed E-state index contributed by atoms with van der Waals surface area (Å²) in [5.74, 6) is 2.00. The lowest BCUT2D eigenvalue weighted by atomic mass is 10.1. The fourth-order valence-corrected chi connectivity index (χ4v) is 3.71. The van der Waals surface area contributed by atoms with Crippen molar-refractivity contribution in [3.63, 3.8) is 0 Å². The smallest absolute Gasteiger partial charge is 0.236 e. The van der Waals surface area contributed by atoms with E-state index in [0.29, 0.717) is 32.8 Å². The number of hydrogen-bond acceptors (Lipinski definition) is 6. The van der Waals surface area contributed by atoms with Gasteiger partial charge in [-0.2, -0.15) is 0 Å². The van der Waals surface area contributed by atoms with E-state index in [2.05, 4.69) is 25.3 Å². The van der Waals surface area contributed by atoms with Crippen LogP contribution >= 0.6 is 0 Å². The van der Waals surface area contributed by atoms with Gasteiger partial charge in [0.2, 0.25) is 5.91 Å². The number of guanidine groups is 1. The molecule has 1 aromatic rings. The third-order valence-corrected chi connectivity index (χ3v) is 5.45. The number of amides is 1. The Balaban J connectivity index is 1.40. The van der Waals surface area contributed by atoms with E-state index in [4.69, 9.17) is 9.26 Å². The topological polar surface area (TPSA) is 86.4 Å². The molecule has 9 nitrogen and oxygen atoms in total. The zero-order chi connectivity index (χ0) is 19.9. The monoisotopic (exact) mass is 392 g/mol. The lowest BCUT2D eigenvalue weighted by molar-refractivity contribution is -0.136. The summed E-state index contributed by atoms with van der Waals surface area (Å²) >= 11 is 0. The molecule has 0 radical (unpaired) electrons. The van der Waals surface area contributed by atoms with Crippen LogP contribution in [0.25, 0.3) is 0 Å². The van der Waals surface area contributed by atoms with Crippen LogP contribution in [0.5, 0.6) is 0 Å². The molecule has 2 fully saturated rings. The molecule has 2 saturated heterocycles. The second-order valence-electron chi connectivity index (χ2n) is 7.28. The zero-order valence-corrected chi connectivity index (χ0v) is 17.2. The number of carbonyl (C=O) groups is 1. The number of nitrogens with zero attached hydrogens (tertiary/aromatic N) is 5. The lowest BCUT2D eigenvalue weighted by Gasteiger charge is -2.37. The van der Waals surface area contributed by atoms with Crippen molar-refractivity contribution in [3.8, 4) is 0 Å². The van der Waals surface area contributed by atoms with Crippen LogP contribution in [-0.2, 0) is 16.0 Å². The Morgan fingerprint density at radius 1 is 1.11 bits per heavy atom. The Morgan fingerprint density at radius 3 is 2.43 bits per heavy atom. The van der Waals surface area contributed by atoms with Gasteiger partial charge in [0.25, 0.3) is 0 Å². The fraction of sp³-hybridized carbons (Fsp3) is 0.737. The maximum atomic E-state index is 12.4. The Labute approximate surface area is 166 Å². The molecule has 0 atom stereocenters. The second kappa shape index (κ2) is 9.88. The van der Waals surface area contributed by atoms with Crippen molar-refractivity contribution in [1.29, 1.82) is 0 Å². The van der Waals surface area contributed by atoms with Crippen LogP contribution in [0.2, 0.25) is 0 Å². The average molecular weight is 393 g/mol. The molecule has 0 aromatic carbocycles. The van der Waals surface area contributed by atoms with Crippen LogP contribution in [0.3, 0.4) is 0 Å². The van der Waals surface area contributed by atoms with E-state index >= 15 is 0 Å². The average Bonchev–Trinajstić information content (AvgIpc) is 3.04. The Hall–Kier alpha value is -2.13. The highest BCUT2D eigenvalue weighted by Gasteiger charge is 2.24. The first-order valence-electron chi connectivity index (χ1n) is 10.0. The largest absolute Gasteiger partial charge is 0.378 e. The van der Waals surface area contributed by atoms with Crippen molar-refractivity contribution in [1.82, 2.24) is 25.2 Å². The summed E-state index contributed by atoms with van der Waals surface area (Å²) in [5.41, 5.74) is 2.11. The predicted octanol–water partition coefficient (Wildman–Crippen LogP) is -0.114. The number of hydrogen-bond donors (Lipinski definition) is 1. The standard InChI is InChI=1S/C19H32N6O3/c1-15-17(16(2)28-22-15)4-5-21-19(20-3)25-8-6-23(7-9-25)14-18(26)24-10-12-27-13-11-24/h4-14H2,1-3H3,(H,20,21). The van der Waals surface area contributed by atoms with Gasteiger partial charge in [0.05, 0.1) is 25.5 Å². The minimum Gasteiger partial charge on any atom is -0.378 e. The molecule has 0 aliphatic carbocycles. The molecule has 0 saturated carbocycles. The van der Waals surface area contributed by atoms with E-state index in [9.17, 15) is 4.79 Å².